The van der Waals surface area contributed by atoms with Crippen molar-refractivity contribution in [2.45, 2.75) is 46.0 Å². The first kappa shape index (κ1) is 11.6. The minimum absolute atomic E-state index is 0.223. The number of aryl methyl sites for hydroxylation is 2. The van der Waals surface area contributed by atoms with E-state index >= 15 is 0 Å². The van der Waals surface area contributed by atoms with Gasteiger partial charge in [0.25, 0.3) is 0 Å². The SMILES string of the molecule is Cc1cc(NC(=O)C2CCCCC2)sc1C. The van der Waals surface area contributed by atoms with Crippen molar-refractivity contribution in [2.75, 3.05) is 5.32 Å². The first-order valence-electron chi connectivity index (χ1n) is 6.04. The first-order chi connectivity index (χ1) is 7.66. The number of nitrogens with one attached hydrogen (secondary N) is 1. The Morgan fingerprint density at radius 2 is 2.00 bits per heavy atom. The minimum atomic E-state index is 0.223. The summed E-state index contributed by atoms with van der Waals surface area (Å²) in [4.78, 5) is 13.3. The zero-order valence-electron chi connectivity index (χ0n) is 10.0. The van der Waals surface area contributed by atoms with Gasteiger partial charge in [0.2, 0.25) is 5.91 Å². The predicted molar refractivity (Wildman–Crippen MR) is 69.0 cm³/mol. The third-order valence-corrected chi connectivity index (χ3v) is 4.46. The van der Waals surface area contributed by atoms with E-state index in [1.54, 1.807) is 11.3 Å². The van der Waals surface area contributed by atoms with Crippen LogP contribution >= 0.6 is 11.3 Å². The smallest absolute Gasteiger partial charge is 0.228 e. The Kier molecular flexibility index (Phi) is 3.64. The lowest BCUT2D eigenvalue weighted by molar-refractivity contribution is -0.120. The molecule has 1 aliphatic carbocycles. The van der Waals surface area contributed by atoms with Gasteiger partial charge < -0.3 is 5.32 Å². The second-order valence-corrected chi connectivity index (χ2v) is 5.93. The summed E-state index contributed by atoms with van der Waals surface area (Å²) in [6.07, 6.45) is 5.84. The number of carbonyl (C=O) groups is 1. The first-order valence-corrected chi connectivity index (χ1v) is 6.86. The van der Waals surface area contributed by atoms with E-state index in [2.05, 4.69) is 25.2 Å². The lowest BCUT2D eigenvalue weighted by atomic mass is 9.89. The van der Waals surface area contributed by atoms with E-state index < -0.39 is 0 Å². The van der Waals surface area contributed by atoms with Crippen LogP contribution < -0.4 is 5.32 Å². The van der Waals surface area contributed by atoms with Crippen LogP contribution in [0.5, 0.6) is 0 Å². The van der Waals surface area contributed by atoms with Crippen molar-refractivity contribution >= 4 is 22.2 Å². The summed E-state index contributed by atoms with van der Waals surface area (Å²) < 4.78 is 0. The van der Waals surface area contributed by atoms with E-state index in [1.165, 1.54) is 29.7 Å². The van der Waals surface area contributed by atoms with Crippen molar-refractivity contribution in [3.63, 3.8) is 0 Å². The van der Waals surface area contributed by atoms with Gasteiger partial charge in [0.15, 0.2) is 0 Å². The summed E-state index contributed by atoms with van der Waals surface area (Å²) >= 11 is 1.67. The molecule has 3 heteroatoms. The number of carbonyl (C=O) groups excluding carboxylic acids is 1. The molecule has 2 nitrogen and oxygen atoms in total. The van der Waals surface area contributed by atoms with Gasteiger partial charge in [-0.25, -0.2) is 0 Å². The van der Waals surface area contributed by atoms with Crippen LogP contribution in [-0.2, 0) is 4.79 Å². The maximum atomic E-state index is 12.0. The number of anilines is 1. The third-order valence-electron chi connectivity index (χ3n) is 3.39. The second-order valence-electron chi connectivity index (χ2n) is 4.67. The zero-order valence-corrected chi connectivity index (χ0v) is 10.8. The monoisotopic (exact) mass is 237 g/mol. The molecule has 1 fully saturated rings. The molecule has 0 bridgehead atoms. The summed E-state index contributed by atoms with van der Waals surface area (Å²) in [5.74, 6) is 0.470. The quantitative estimate of drug-likeness (QED) is 0.831. The molecule has 1 aromatic heterocycles. The van der Waals surface area contributed by atoms with Crippen LogP contribution in [-0.4, -0.2) is 5.91 Å². The zero-order chi connectivity index (χ0) is 11.5. The fraction of sp³-hybridized carbons (Fsp3) is 0.615. The highest BCUT2D eigenvalue weighted by Gasteiger charge is 2.21. The highest BCUT2D eigenvalue weighted by atomic mass is 32.1. The van der Waals surface area contributed by atoms with Crippen LogP contribution in [0.2, 0.25) is 0 Å². The van der Waals surface area contributed by atoms with E-state index in [9.17, 15) is 4.79 Å². The molecule has 0 aliphatic heterocycles. The summed E-state index contributed by atoms with van der Waals surface area (Å²) in [5, 5.41) is 4.06. The molecule has 16 heavy (non-hydrogen) atoms. The molecule has 1 aromatic rings. The molecule has 1 heterocycles. The molecule has 0 spiro atoms. The van der Waals surface area contributed by atoms with E-state index in [1.807, 2.05) is 0 Å². The maximum Gasteiger partial charge on any atom is 0.228 e. The van der Waals surface area contributed by atoms with Crippen molar-refractivity contribution in [1.29, 1.82) is 0 Å². The highest BCUT2D eigenvalue weighted by Crippen LogP contribution is 2.28. The second kappa shape index (κ2) is 5.00. The van der Waals surface area contributed by atoms with Crippen LogP contribution in [0, 0.1) is 19.8 Å². The highest BCUT2D eigenvalue weighted by molar-refractivity contribution is 7.16. The Morgan fingerprint density at radius 3 is 2.56 bits per heavy atom. The number of thiophene rings is 1. The van der Waals surface area contributed by atoms with Gasteiger partial charge in [0.1, 0.15) is 0 Å². The van der Waals surface area contributed by atoms with Gasteiger partial charge in [-0.2, -0.15) is 0 Å². The van der Waals surface area contributed by atoms with Gasteiger partial charge >= 0.3 is 0 Å². The number of hydrogen-bond donors (Lipinski definition) is 1. The van der Waals surface area contributed by atoms with E-state index in [0.717, 1.165) is 17.8 Å². The molecule has 0 aromatic carbocycles. The Labute approximate surface area is 101 Å². The number of hydrogen-bond acceptors (Lipinski definition) is 2. The Hall–Kier alpha value is -0.830. The van der Waals surface area contributed by atoms with Crippen molar-refractivity contribution in [3.8, 4) is 0 Å². The standard InChI is InChI=1S/C13H19NOS/c1-9-8-12(16-10(9)2)14-13(15)11-6-4-3-5-7-11/h8,11H,3-7H2,1-2H3,(H,14,15). The molecule has 0 radical (unpaired) electrons. The summed E-state index contributed by atoms with van der Waals surface area (Å²) in [6, 6.07) is 2.07. The van der Waals surface area contributed by atoms with Gasteiger partial charge in [-0.1, -0.05) is 19.3 Å². The maximum absolute atomic E-state index is 12.0. The molecule has 1 aliphatic rings. The number of rotatable bonds is 2. The van der Waals surface area contributed by atoms with Crippen molar-refractivity contribution in [1.82, 2.24) is 0 Å². The van der Waals surface area contributed by atoms with Crippen molar-refractivity contribution in [3.05, 3.63) is 16.5 Å². The van der Waals surface area contributed by atoms with Crippen LogP contribution in [0.4, 0.5) is 5.00 Å². The van der Waals surface area contributed by atoms with Crippen LogP contribution in [0.1, 0.15) is 42.5 Å². The lowest BCUT2D eigenvalue weighted by Gasteiger charge is -2.20. The van der Waals surface area contributed by atoms with Gasteiger partial charge in [-0.05, 0) is 38.3 Å². The van der Waals surface area contributed by atoms with Gasteiger partial charge in [-0.15, -0.1) is 11.3 Å². The van der Waals surface area contributed by atoms with E-state index in [-0.39, 0.29) is 11.8 Å². The van der Waals surface area contributed by atoms with E-state index in [4.69, 9.17) is 0 Å². The molecule has 0 unspecified atom stereocenters. The Morgan fingerprint density at radius 1 is 1.31 bits per heavy atom. The molecule has 1 saturated carbocycles. The summed E-state index contributed by atoms with van der Waals surface area (Å²) in [7, 11) is 0. The average Bonchev–Trinajstić information content (AvgIpc) is 2.59. The minimum Gasteiger partial charge on any atom is -0.317 e. The molecule has 0 saturated heterocycles. The summed E-state index contributed by atoms with van der Waals surface area (Å²) in [6.45, 7) is 4.18. The summed E-state index contributed by atoms with van der Waals surface area (Å²) in [5.41, 5.74) is 1.27. The topological polar surface area (TPSA) is 29.1 Å². The molecule has 1 N–H and O–H groups in total. The third kappa shape index (κ3) is 2.64. The van der Waals surface area contributed by atoms with Crippen molar-refractivity contribution < 1.29 is 4.79 Å². The van der Waals surface area contributed by atoms with Gasteiger partial charge in [0.05, 0.1) is 5.00 Å². The predicted octanol–water partition coefficient (Wildman–Crippen LogP) is 3.88. The molecule has 2 rings (SSSR count). The largest absolute Gasteiger partial charge is 0.317 e. The van der Waals surface area contributed by atoms with Gasteiger partial charge in [-0.3, -0.25) is 4.79 Å². The Balaban J connectivity index is 1.95. The molecule has 0 atom stereocenters. The van der Waals surface area contributed by atoms with Crippen LogP contribution in [0.3, 0.4) is 0 Å². The van der Waals surface area contributed by atoms with Gasteiger partial charge in [0, 0.05) is 10.8 Å². The van der Waals surface area contributed by atoms with Crippen LogP contribution in [0.25, 0.3) is 0 Å². The molecule has 88 valence electrons. The molecular weight excluding hydrogens is 218 g/mol. The fourth-order valence-corrected chi connectivity index (χ4v) is 3.16. The molecule has 1 amide bonds. The van der Waals surface area contributed by atoms with Crippen LogP contribution in [0.15, 0.2) is 6.07 Å². The van der Waals surface area contributed by atoms with Crippen molar-refractivity contribution in [2.24, 2.45) is 5.92 Å². The lowest BCUT2D eigenvalue weighted by Crippen LogP contribution is -2.24. The fourth-order valence-electron chi connectivity index (χ4n) is 2.22. The normalized spacial score (nSPS) is 17.4. The molecular formula is C13H19NOS. The van der Waals surface area contributed by atoms with E-state index in [0.29, 0.717) is 0 Å². The number of amides is 1. The Bertz CT molecular complexity index is 358. The average molecular weight is 237 g/mol.